The maximum absolute atomic E-state index is 12.4. The quantitative estimate of drug-likeness (QED) is 0.365. The summed E-state index contributed by atoms with van der Waals surface area (Å²) >= 11 is 3.01. The first-order valence-electron chi connectivity index (χ1n) is 8.81. The Morgan fingerprint density at radius 2 is 1.86 bits per heavy atom. The molecule has 0 fully saturated rings. The zero-order valence-electron chi connectivity index (χ0n) is 15.4. The van der Waals surface area contributed by atoms with Crippen molar-refractivity contribution in [3.8, 4) is 10.6 Å². The van der Waals surface area contributed by atoms with Gasteiger partial charge in [-0.15, -0.1) is 11.3 Å². The van der Waals surface area contributed by atoms with Crippen LogP contribution < -0.4 is 5.32 Å². The van der Waals surface area contributed by atoms with E-state index in [1.54, 1.807) is 29.8 Å². The van der Waals surface area contributed by atoms with Crippen LogP contribution in [0.25, 0.3) is 20.8 Å². The summed E-state index contributed by atoms with van der Waals surface area (Å²) in [7, 11) is 0. The molecule has 0 bridgehead atoms. The third-order valence-corrected chi connectivity index (χ3v) is 6.19. The Balaban J connectivity index is 1.44. The largest absolute Gasteiger partial charge is 0.325 e. The molecule has 2 aromatic heterocycles. The zero-order valence-corrected chi connectivity index (χ0v) is 17.1. The van der Waals surface area contributed by atoms with Gasteiger partial charge in [-0.2, -0.15) is 0 Å². The van der Waals surface area contributed by atoms with Gasteiger partial charge >= 0.3 is 0 Å². The molecule has 0 spiro atoms. The summed E-state index contributed by atoms with van der Waals surface area (Å²) in [6.45, 7) is 3.92. The number of aryl methyl sites for hydroxylation is 1. The Labute approximate surface area is 171 Å². The minimum atomic E-state index is -0.297. The molecule has 0 unspecified atom stereocenters. The highest BCUT2D eigenvalue weighted by Crippen LogP contribution is 2.31. The van der Waals surface area contributed by atoms with E-state index in [2.05, 4.69) is 40.4 Å². The van der Waals surface area contributed by atoms with Crippen molar-refractivity contribution in [3.63, 3.8) is 0 Å². The molecule has 4 rings (SSSR count). The number of nitrogens with zero attached hydrogens (tertiary/aromatic N) is 3. The monoisotopic (exact) mass is 406 g/mol. The van der Waals surface area contributed by atoms with Crippen molar-refractivity contribution in [1.82, 2.24) is 15.0 Å². The number of fused-ring (bicyclic) bond motifs is 1. The highest BCUT2D eigenvalue weighted by molar-refractivity contribution is 8.00. The summed E-state index contributed by atoms with van der Waals surface area (Å²) in [5, 5.41) is 4.21. The van der Waals surface area contributed by atoms with E-state index in [1.165, 1.54) is 22.0 Å². The molecule has 1 N–H and O–H groups in total. The SMILES string of the molecule is Cc1ccc2nc(-c3ccc(NC(=O)[C@@H](C)Sc4ncccn4)cc3)sc2c1. The van der Waals surface area contributed by atoms with Crippen LogP contribution in [0.1, 0.15) is 12.5 Å². The van der Waals surface area contributed by atoms with Crippen LogP contribution in [0.5, 0.6) is 0 Å². The lowest BCUT2D eigenvalue weighted by molar-refractivity contribution is -0.115. The highest BCUT2D eigenvalue weighted by Gasteiger charge is 2.16. The molecule has 0 aliphatic carbocycles. The molecule has 5 nitrogen and oxygen atoms in total. The lowest BCUT2D eigenvalue weighted by atomic mass is 10.2. The van der Waals surface area contributed by atoms with Crippen molar-refractivity contribution in [2.75, 3.05) is 5.32 Å². The summed E-state index contributed by atoms with van der Waals surface area (Å²) < 4.78 is 1.18. The number of rotatable bonds is 5. The van der Waals surface area contributed by atoms with E-state index in [0.717, 1.165) is 21.8 Å². The average Bonchev–Trinajstić information content (AvgIpc) is 3.12. The summed E-state index contributed by atoms with van der Waals surface area (Å²) in [4.78, 5) is 25.4. The van der Waals surface area contributed by atoms with Crippen molar-refractivity contribution < 1.29 is 4.79 Å². The number of hydrogen-bond donors (Lipinski definition) is 1. The van der Waals surface area contributed by atoms with E-state index < -0.39 is 0 Å². The van der Waals surface area contributed by atoms with Gasteiger partial charge in [-0.25, -0.2) is 15.0 Å². The smallest absolute Gasteiger partial charge is 0.237 e. The number of thiazole rings is 1. The maximum atomic E-state index is 12.4. The summed E-state index contributed by atoms with van der Waals surface area (Å²) in [5.41, 5.74) is 4.04. The second-order valence-electron chi connectivity index (χ2n) is 6.35. The number of benzene rings is 2. The second-order valence-corrected chi connectivity index (χ2v) is 8.69. The molecule has 1 atom stereocenters. The molecule has 140 valence electrons. The molecule has 0 saturated heterocycles. The van der Waals surface area contributed by atoms with Crippen molar-refractivity contribution in [1.29, 1.82) is 0 Å². The molecule has 28 heavy (non-hydrogen) atoms. The molecule has 2 heterocycles. The number of aromatic nitrogens is 3. The number of nitrogens with one attached hydrogen (secondary N) is 1. The number of anilines is 1. The lowest BCUT2D eigenvalue weighted by Gasteiger charge is -2.11. The third-order valence-electron chi connectivity index (χ3n) is 4.14. The first-order chi connectivity index (χ1) is 13.6. The van der Waals surface area contributed by atoms with Crippen LogP contribution in [0.3, 0.4) is 0 Å². The fraction of sp³-hybridized carbons (Fsp3) is 0.143. The van der Waals surface area contributed by atoms with Gasteiger partial charge in [0.05, 0.1) is 15.5 Å². The molecule has 0 aliphatic rings. The van der Waals surface area contributed by atoms with Crippen molar-refractivity contribution >= 4 is 44.9 Å². The fourth-order valence-electron chi connectivity index (χ4n) is 2.65. The Bertz CT molecular complexity index is 1110. The predicted octanol–water partition coefficient (Wildman–Crippen LogP) is 5.18. The standard InChI is InChI=1S/C21H18N4OS2/c1-13-4-9-17-18(12-13)28-20(25-17)15-5-7-16(8-6-15)24-19(26)14(2)27-21-22-10-3-11-23-21/h3-12,14H,1-2H3,(H,24,26)/t14-/m1/s1. The van der Waals surface area contributed by atoms with Gasteiger partial charge in [0.15, 0.2) is 5.16 Å². The van der Waals surface area contributed by atoms with Crippen molar-refractivity contribution in [2.24, 2.45) is 0 Å². The van der Waals surface area contributed by atoms with Gasteiger partial charge in [-0.1, -0.05) is 17.8 Å². The van der Waals surface area contributed by atoms with Crippen LogP contribution in [-0.2, 0) is 4.79 Å². The molecule has 0 radical (unpaired) electrons. The normalized spacial score (nSPS) is 12.1. The topological polar surface area (TPSA) is 67.8 Å². The number of amides is 1. The minimum absolute atomic E-state index is 0.0827. The predicted molar refractivity (Wildman–Crippen MR) is 116 cm³/mol. The molecule has 7 heteroatoms. The number of carbonyl (C=O) groups excluding carboxylic acids is 1. The van der Waals surface area contributed by atoms with Gasteiger partial charge in [-0.05, 0) is 61.9 Å². The number of thioether (sulfide) groups is 1. The Morgan fingerprint density at radius 3 is 2.61 bits per heavy atom. The molecular weight excluding hydrogens is 388 g/mol. The first kappa shape index (κ1) is 18.6. The average molecular weight is 407 g/mol. The Morgan fingerprint density at radius 1 is 1.11 bits per heavy atom. The Hall–Kier alpha value is -2.77. The lowest BCUT2D eigenvalue weighted by Crippen LogP contribution is -2.22. The van der Waals surface area contributed by atoms with Gasteiger partial charge in [-0.3, -0.25) is 4.79 Å². The molecule has 0 aliphatic heterocycles. The molecule has 0 saturated carbocycles. The zero-order chi connectivity index (χ0) is 19.5. The van der Waals surface area contributed by atoms with E-state index in [-0.39, 0.29) is 11.2 Å². The third kappa shape index (κ3) is 4.21. The van der Waals surface area contributed by atoms with Gasteiger partial charge in [0.25, 0.3) is 0 Å². The molecule has 2 aromatic carbocycles. The van der Waals surface area contributed by atoms with E-state index in [1.807, 2.05) is 31.2 Å². The van der Waals surface area contributed by atoms with Crippen LogP contribution in [0.4, 0.5) is 5.69 Å². The van der Waals surface area contributed by atoms with E-state index in [9.17, 15) is 4.79 Å². The number of carbonyl (C=O) groups is 1. The van der Waals surface area contributed by atoms with Crippen molar-refractivity contribution in [3.05, 3.63) is 66.5 Å². The van der Waals surface area contributed by atoms with Crippen LogP contribution in [0.15, 0.2) is 66.1 Å². The minimum Gasteiger partial charge on any atom is -0.325 e. The summed E-state index contributed by atoms with van der Waals surface area (Å²) in [6, 6.07) is 15.8. The van der Waals surface area contributed by atoms with E-state index >= 15 is 0 Å². The summed E-state index contributed by atoms with van der Waals surface area (Å²) in [6.07, 6.45) is 3.34. The van der Waals surface area contributed by atoms with Crippen LogP contribution >= 0.6 is 23.1 Å². The first-order valence-corrected chi connectivity index (χ1v) is 10.5. The van der Waals surface area contributed by atoms with Gasteiger partial charge in [0.2, 0.25) is 5.91 Å². The van der Waals surface area contributed by atoms with Gasteiger partial charge < -0.3 is 5.32 Å². The van der Waals surface area contributed by atoms with Gasteiger partial charge in [0.1, 0.15) is 5.01 Å². The Kier molecular flexibility index (Phi) is 5.36. The van der Waals surface area contributed by atoms with Crippen LogP contribution in [0.2, 0.25) is 0 Å². The molecule has 4 aromatic rings. The van der Waals surface area contributed by atoms with Gasteiger partial charge in [0, 0.05) is 23.6 Å². The van der Waals surface area contributed by atoms with Crippen molar-refractivity contribution in [2.45, 2.75) is 24.3 Å². The fourth-order valence-corrected chi connectivity index (χ4v) is 4.45. The van der Waals surface area contributed by atoms with E-state index in [4.69, 9.17) is 4.98 Å². The highest BCUT2D eigenvalue weighted by atomic mass is 32.2. The molecule has 1 amide bonds. The number of hydrogen-bond acceptors (Lipinski definition) is 6. The summed E-state index contributed by atoms with van der Waals surface area (Å²) in [5.74, 6) is -0.0827. The van der Waals surface area contributed by atoms with E-state index in [0.29, 0.717) is 5.16 Å². The van der Waals surface area contributed by atoms with Crippen LogP contribution in [-0.4, -0.2) is 26.1 Å². The molecular formula is C21H18N4OS2. The van der Waals surface area contributed by atoms with Crippen LogP contribution in [0, 0.1) is 6.92 Å². The maximum Gasteiger partial charge on any atom is 0.237 e. The second kappa shape index (κ2) is 8.08.